The van der Waals surface area contributed by atoms with Gasteiger partial charge in [-0.15, -0.1) is 23.4 Å². The number of benzene rings is 2. The van der Waals surface area contributed by atoms with E-state index in [0.717, 1.165) is 27.8 Å². The Morgan fingerprint density at radius 1 is 1.00 bits per heavy atom. The molecular formula is C30H32ClNO6S. The molecule has 0 spiro atoms. The Morgan fingerprint density at radius 3 is 2.28 bits per heavy atom. The maximum absolute atomic E-state index is 13.4. The largest absolute Gasteiger partial charge is 0.492 e. The minimum absolute atomic E-state index is 0.116. The van der Waals surface area contributed by atoms with E-state index in [1.165, 1.54) is 11.8 Å². The van der Waals surface area contributed by atoms with E-state index in [1.807, 2.05) is 30.5 Å². The first-order valence-electron chi connectivity index (χ1n) is 12.4. The van der Waals surface area contributed by atoms with Crippen molar-refractivity contribution >= 4 is 29.3 Å². The molecule has 0 radical (unpaired) electrons. The van der Waals surface area contributed by atoms with Crippen molar-refractivity contribution < 1.29 is 23.7 Å². The van der Waals surface area contributed by atoms with Crippen LogP contribution in [0, 0.1) is 0 Å². The van der Waals surface area contributed by atoms with Crippen LogP contribution in [0.2, 0.25) is 0 Å². The average molecular weight is 570 g/mol. The highest BCUT2D eigenvalue weighted by atomic mass is 35.5. The van der Waals surface area contributed by atoms with Crippen LogP contribution in [0.5, 0.6) is 17.2 Å². The summed E-state index contributed by atoms with van der Waals surface area (Å²) >= 11 is 7.30. The summed E-state index contributed by atoms with van der Waals surface area (Å²) in [7, 11) is 6.35. The number of thioether (sulfide) groups is 1. The zero-order valence-corrected chi connectivity index (χ0v) is 24.3. The predicted molar refractivity (Wildman–Crippen MR) is 155 cm³/mol. The van der Waals surface area contributed by atoms with E-state index in [9.17, 15) is 9.59 Å². The number of hydrogen-bond acceptors (Lipinski definition) is 7. The molecule has 0 bridgehead atoms. The number of alkyl halides is 1. The molecule has 0 unspecified atom stereocenters. The zero-order chi connectivity index (χ0) is 28.1. The highest BCUT2D eigenvalue weighted by Gasteiger charge is 2.33. The van der Waals surface area contributed by atoms with Crippen LogP contribution in [-0.4, -0.2) is 40.6 Å². The van der Waals surface area contributed by atoms with Crippen LogP contribution in [0.25, 0.3) is 11.1 Å². The van der Waals surface area contributed by atoms with Crippen LogP contribution in [0.3, 0.4) is 0 Å². The third-order valence-corrected chi connectivity index (χ3v) is 8.03. The van der Waals surface area contributed by atoms with E-state index in [4.69, 9.17) is 30.5 Å². The summed E-state index contributed by atoms with van der Waals surface area (Å²) in [5.74, 6) is 1.61. The van der Waals surface area contributed by atoms with Crippen molar-refractivity contribution in [3.05, 3.63) is 80.5 Å². The molecule has 0 fully saturated rings. The Bertz CT molecular complexity index is 1430. The number of ether oxygens (including phenoxy) is 4. The number of hydrogen-bond donors (Lipinski definition) is 1. The van der Waals surface area contributed by atoms with Gasteiger partial charge in [-0.1, -0.05) is 18.2 Å². The highest BCUT2D eigenvalue weighted by molar-refractivity contribution is 7.98. The molecule has 0 aromatic heterocycles. The molecule has 0 saturated heterocycles. The van der Waals surface area contributed by atoms with Gasteiger partial charge in [-0.2, -0.15) is 0 Å². The van der Waals surface area contributed by atoms with Crippen molar-refractivity contribution in [2.24, 2.45) is 0 Å². The Labute approximate surface area is 237 Å². The molecule has 1 amide bonds. The van der Waals surface area contributed by atoms with Crippen molar-refractivity contribution in [2.75, 3.05) is 34.7 Å². The summed E-state index contributed by atoms with van der Waals surface area (Å²) in [6, 6.07) is 12.1. The topological polar surface area (TPSA) is 83.1 Å². The van der Waals surface area contributed by atoms with Gasteiger partial charge < -0.3 is 24.3 Å². The summed E-state index contributed by atoms with van der Waals surface area (Å²) in [6.45, 7) is 0.285. The lowest BCUT2D eigenvalue weighted by atomic mass is 9.91. The minimum atomic E-state index is -0.445. The van der Waals surface area contributed by atoms with Gasteiger partial charge in [0.2, 0.25) is 5.75 Å². The van der Waals surface area contributed by atoms with Crippen LogP contribution in [0.4, 0.5) is 0 Å². The van der Waals surface area contributed by atoms with Crippen molar-refractivity contribution in [3.8, 4) is 28.4 Å². The maximum atomic E-state index is 13.4. The van der Waals surface area contributed by atoms with Crippen molar-refractivity contribution in [1.82, 2.24) is 5.32 Å². The first-order chi connectivity index (χ1) is 18.9. The fourth-order valence-corrected chi connectivity index (χ4v) is 5.77. The average Bonchev–Trinajstić information content (AvgIpc) is 3.21. The lowest BCUT2D eigenvalue weighted by Gasteiger charge is -2.23. The van der Waals surface area contributed by atoms with Crippen molar-refractivity contribution in [3.63, 3.8) is 0 Å². The van der Waals surface area contributed by atoms with Crippen LogP contribution < -0.4 is 25.0 Å². The first-order valence-corrected chi connectivity index (χ1v) is 14.2. The maximum Gasteiger partial charge on any atom is 0.251 e. The van der Waals surface area contributed by atoms with Crippen LogP contribution in [0.15, 0.2) is 52.2 Å². The smallest absolute Gasteiger partial charge is 0.251 e. The molecule has 39 heavy (non-hydrogen) atoms. The third kappa shape index (κ3) is 5.60. The van der Waals surface area contributed by atoms with Gasteiger partial charge in [0.25, 0.3) is 5.91 Å². The summed E-state index contributed by atoms with van der Waals surface area (Å²) in [4.78, 5) is 27.2. The fourth-order valence-electron chi connectivity index (χ4n) is 5.13. The van der Waals surface area contributed by atoms with Crippen LogP contribution in [0.1, 0.15) is 45.1 Å². The quantitative estimate of drug-likeness (QED) is 0.259. The molecule has 0 aliphatic heterocycles. The standard InChI is InChI=1S/C30H32ClNO6S/c1-35-16-22-20-10-12-23(32-30(34)18-8-6-17(15-31)7-9-18)21-14-24(33)25(39-5)13-11-19(21)26(20)28(37-3)29(38-4)27(22)36-2/h6-9,11,13-14,23H,10,12,15-16H2,1-5H3,(H,32,34)/t23-/m0/s1. The molecule has 0 saturated carbocycles. The number of rotatable bonds is 9. The molecule has 206 valence electrons. The van der Waals surface area contributed by atoms with E-state index in [2.05, 4.69) is 5.32 Å². The minimum Gasteiger partial charge on any atom is -0.492 e. The van der Waals surface area contributed by atoms with Gasteiger partial charge in [-0.25, -0.2) is 0 Å². The molecule has 1 aliphatic rings. The summed E-state index contributed by atoms with van der Waals surface area (Å²) in [5, 5.41) is 3.18. The summed E-state index contributed by atoms with van der Waals surface area (Å²) in [5.41, 5.74) is 5.40. The van der Waals surface area contributed by atoms with Crippen LogP contribution >= 0.6 is 23.4 Å². The van der Waals surface area contributed by atoms with Gasteiger partial charge in [0.1, 0.15) is 0 Å². The number of amides is 1. The number of nitrogens with one attached hydrogen (secondary N) is 1. The molecule has 9 heteroatoms. The van der Waals surface area contributed by atoms with Gasteiger partial charge in [0.05, 0.1) is 38.9 Å². The predicted octanol–water partition coefficient (Wildman–Crippen LogP) is 5.76. The summed E-state index contributed by atoms with van der Waals surface area (Å²) < 4.78 is 23.1. The normalized spacial score (nSPS) is 14.1. The second kappa shape index (κ2) is 12.8. The van der Waals surface area contributed by atoms with Gasteiger partial charge in [-0.05, 0) is 65.6 Å². The van der Waals surface area contributed by atoms with E-state index >= 15 is 0 Å². The molecule has 1 atom stereocenters. The Morgan fingerprint density at radius 2 is 1.69 bits per heavy atom. The van der Waals surface area contributed by atoms with Gasteiger partial charge in [0.15, 0.2) is 16.9 Å². The van der Waals surface area contributed by atoms with Crippen molar-refractivity contribution in [1.29, 1.82) is 0 Å². The van der Waals surface area contributed by atoms with Gasteiger partial charge in [-0.3, -0.25) is 9.59 Å². The van der Waals surface area contributed by atoms with Crippen LogP contribution in [-0.2, 0) is 23.6 Å². The lowest BCUT2D eigenvalue weighted by Crippen LogP contribution is -2.29. The Balaban J connectivity index is 1.97. The van der Waals surface area contributed by atoms with Gasteiger partial charge in [0, 0.05) is 29.7 Å². The second-order valence-corrected chi connectivity index (χ2v) is 10.2. The SMILES string of the molecule is COCc1c2c(c(OC)c(OC)c1OC)-c1ccc(SC)c(=O)cc1[C@@H](NC(=O)c1ccc(CCl)cc1)CC2. The molecule has 3 aromatic rings. The molecule has 1 N–H and O–H groups in total. The molecule has 7 nitrogen and oxygen atoms in total. The number of carbonyl (C=O) groups is 1. The monoisotopic (exact) mass is 569 g/mol. The van der Waals surface area contributed by atoms with Gasteiger partial charge >= 0.3 is 0 Å². The molecular weight excluding hydrogens is 538 g/mol. The first kappa shape index (κ1) is 28.8. The van der Waals surface area contributed by atoms with E-state index in [0.29, 0.717) is 52.0 Å². The second-order valence-electron chi connectivity index (χ2n) is 9.04. The highest BCUT2D eigenvalue weighted by Crippen LogP contribution is 2.52. The Kier molecular flexibility index (Phi) is 9.43. The third-order valence-electron chi connectivity index (χ3n) is 6.95. The molecule has 4 rings (SSSR count). The van der Waals surface area contributed by atoms with E-state index in [1.54, 1.807) is 46.6 Å². The molecule has 0 heterocycles. The fraction of sp³-hybridized carbons (Fsp3) is 0.333. The summed E-state index contributed by atoms with van der Waals surface area (Å²) in [6.07, 6.45) is 2.98. The van der Waals surface area contributed by atoms with Crippen molar-refractivity contribution in [2.45, 2.75) is 36.3 Å². The number of methoxy groups -OCH3 is 4. The number of fused-ring (bicyclic) bond motifs is 3. The molecule has 1 aliphatic carbocycles. The van der Waals surface area contributed by atoms with E-state index < -0.39 is 6.04 Å². The molecule has 3 aromatic carbocycles. The number of carbonyl (C=O) groups excluding carboxylic acids is 1. The zero-order valence-electron chi connectivity index (χ0n) is 22.7. The van der Waals surface area contributed by atoms with E-state index in [-0.39, 0.29) is 17.9 Å². The number of halogens is 1. The lowest BCUT2D eigenvalue weighted by molar-refractivity contribution is 0.0935. The Hall–Kier alpha value is -3.20.